The molecule has 0 radical (unpaired) electrons. The van der Waals surface area contributed by atoms with Crippen molar-refractivity contribution in [3.63, 3.8) is 0 Å². The third-order valence-electron chi connectivity index (χ3n) is 4.03. The van der Waals surface area contributed by atoms with Crippen molar-refractivity contribution >= 4 is 33.4 Å². The molecule has 1 N–H and O–H groups in total. The van der Waals surface area contributed by atoms with Gasteiger partial charge in [-0.3, -0.25) is 9.59 Å². The maximum atomic E-state index is 12.4. The highest BCUT2D eigenvalue weighted by atomic mass is 79.9. The molecule has 0 aliphatic carbocycles. The lowest BCUT2D eigenvalue weighted by molar-refractivity contribution is -0.143. The molecule has 0 fully saturated rings. The summed E-state index contributed by atoms with van der Waals surface area (Å²) in [7, 11) is 0. The van der Waals surface area contributed by atoms with Crippen LogP contribution in [0.15, 0.2) is 46.9 Å². The summed E-state index contributed by atoms with van der Waals surface area (Å²) in [6, 6.07) is 13.5. The molecule has 4 nitrogen and oxygen atoms in total. The second-order valence-electron chi connectivity index (χ2n) is 5.66. The van der Waals surface area contributed by atoms with E-state index in [2.05, 4.69) is 27.3 Å². The molecule has 0 bridgehead atoms. The smallest absolute Gasteiger partial charge is 0.313 e. The molecule has 23 heavy (non-hydrogen) atoms. The first kappa shape index (κ1) is 15.7. The van der Waals surface area contributed by atoms with Crippen molar-refractivity contribution in [2.45, 2.75) is 19.9 Å². The number of fused-ring (bicyclic) bond motifs is 1. The number of hydrogen-bond acceptors (Lipinski definition) is 2. The number of hydrogen-bond donors (Lipinski definition) is 1. The zero-order valence-electron chi connectivity index (χ0n) is 12.8. The van der Waals surface area contributed by atoms with Crippen molar-refractivity contribution < 1.29 is 9.59 Å². The number of aryl methyl sites for hydroxylation is 1. The zero-order chi connectivity index (χ0) is 16.4. The van der Waals surface area contributed by atoms with E-state index in [4.69, 9.17) is 0 Å². The molecule has 0 saturated heterocycles. The van der Waals surface area contributed by atoms with Crippen LogP contribution in [-0.2, 0) is 22.6 Å². The van der Waals surface area contributed by atoms with Crippen molar-refractivity contribution in [1.82, 2.24) is 4.90 Å². The van der Waals surface area contributed by atoms with Gasteiger partial charge in [0.05, 0.1) is 0 Å². The van der Waals surface area contributed by atoms with Gasteiger partial charge in [0.1, 0.15) is 0 Å². The number of nitrogens with zero attached hydrogens (tertiary/aromatic N) is 1. The van der Waals surface area contributed by atoms with Crippen LogP contribution in [0.25, 0.3) is 0 Å². The highest BCUT2D eigenvalue weighted by Crippen LogP contribution is 2.21. The van der Waals surface area contributed by atoms with E-state index in [0.717, 1.165) is 22.0 Å². The summed E-state index contributed by atoms with van der Waals surface area (Å²) < 4.78 is 0.967. The number of carbonyl (C=O) groups is 2. The van der Waals surface area contributed by atoms with Gasteiger partial charge < -0.3 is 10.2 Å². The van der Waals surface area contributed by atoms with Crippen molar-refractivity contribution in [2.75, 3.05) is 11.9 Å². The molecule has 1 heterocycles. The number of rotatable bonds is 1. The number of anilines is 1. The van der Waals surface area contributed by atoms with E-state index < -0.39 is 11.8 Å². The normalized spacial score (nSPS) is 13.4. The monoisotopic (exact) mass is 372 g/mol. The molecule has 2 aromatic rings. The minimum atomic E-state index is -0.592. The van der Waals surface area contributed by atoms with Crippen LogP contribution in [0.5, 0.6) is 0 Å². The van der Waals surface area contributed by atoms with E-state index in [1.807, 2.05) is 37.3 Å². The predicted octanol–water partition coefficient (Wildman–Crippen LogP) is 3.28. The summed E-state index contributed by atoms with van der Waals surface area (Å²) in [5.74, 6) is -1.08. The molecule has 118 valence electrons. The lowest BCUT2D eigenvalue weighted by Crippen LogP contribution is -2.42. The summed E-state index contributed by atoms with van der Waals surface area (Å²) in [5.41, 5.74) is 3.99. The Morgan fingerprint density at radius 3 is 2.61 bits per heavy atom. The second kappa shape index (κ2) is 6.54. The maximum Gasteiger partial charge on any atom is 0.313 e. The number of amides is 2. The van der Waals surface area contributed by atoms with Crippen LogP contribution in [0.3, 0.4) is 0 Å². The summed E-state index contributed by atoms with van der Waals surface area (Å²) in [4.78, 5) is 26.2. The minimum absolute atomic E-state index is 0.486. The summed E-state index contributed by atoms with van der Waals surface area (Å²) >= 11 is 3.41. The molecule has 0 saturated carbocycles. The Hall–Kier alpha value is -2.14. The average Bonchev–Trinajstić information content (AvgIpc) is 2.57. The van der Waals surface area contributed by atoms with Crippen LogP contribution in [0, 0.1) is 6.92 Å². The van der Waals surface area contributed by atoms with Gasteiger partial charge in [-0.2, -0.15) is 0 Å². The highest BCUT2D eigenvalue weighted by molar-refractivity contribution is 9.10. The van der Waals surface area contributed by atoms with Gasteiger partial charge in [0.15, 0.2) is 0 Å². The molecular formula is C18H17BrN2O2. The molecule has 0 aromatic heterocycles. The van der Waals surface area contributed by atoms with Gasteiger partial charge in [-0.25, -0.2) is 0 Å². The fourth-order valence-corrected chi connectivity index (χ4v) is 2.97. The fourth-order valence-electron chi connectivity index (χ4n) is 2.72. The molecule has 0 spiro atoms. The van der Waals surface area contributed by atoms with Crippen LogP contribution < -0.4 is 5.32 Å². The van der Waals surface area contributed by atoms with E-state index in [1.165, 1.54) is 5.56 Å². The van der Waals surface area contributed by atoms with Crippen molar-refractivity contribution in [3.8, 4) is 0 Å². The van der Waals surface area contributed by atoms with Gasteiger partial charge in [-0.1, -0.05) is 40.2 Å². The third kappa shape index (κ3) is 3.45. The van der Waals surface area contributed by atoms with Gasteiger partial charge in [0.2, 0.25) is 0 Å². The summed E-state index contributed by atoms with van der Waals surface area (Å²) in [6.45, 7) is 2.99. The molecule has 3 rings (SSSR count). The van der Waals surface area contributed by atoms with Crippen molar-refractivity contribution in [3.05, 3.63) is 63.6 Å². The quantitative estimate of drug-likeness (QED) is 0.780. The topological polar surface area (TPSA) is 49.4 Å². The number of nitrogens with one attached hydrogen (secondary N) is 1. The van der Waals surface area contributed by atoms with E-state index >= 15 is 0 Å². The standard InChI is InChI=1S/C18H17BrN2O2/c1-12-10-15(6-7-16(12)19)20-17(22)18(23)21-9-8-13-4-2-3-5-14(13)11-21/h2-7,10H,8-9,11H2,1H3,(H,20,22). The molecule has 0 atom stereocenters. The van der Waals surface area contributed by atoms with Gasteiger partial charge >= 0.3 is 11.8 Å². The molecule has 2 aromatic carbocycles. The van der Waals surface area contributed by atoms with Gasteiger partial charge in [0, 0.05) is 23.2 Å². The Morgan fingerprint density at radius 1 is 1.13 bits per heavy atom. The predicted molar refractivity (Wildman–Crippen MR) is 93.1 cm³/mol. The first-order chi connectivity index (χ1) is 11.0. The molecule has 1 aliphatic heterocycles. The molecule has 0 unspecified atom stereocenters. The van der Waals surface area contributed by atoms with E-state index in [0.29, 0.717) is 18.8 Å². The molecule has 2 amide bonds. The lowest BCUT2D eigenvalue weighted by atomic mass is 10.00. The van der Waals surface area contributed by atoms with Gasteiger partial charge in [-0.15, -0.1) is 0 Å². The lowest BCUT2D eigenvalue weighted by Gasteiger charge is -2.28. The molecule has 1 aliphatic rings. The van der Waals surface area contributed by atoms with Crippen LogP contribution in [0.4, 0.5) is 5.69 Å². The fraction of sp³-hybridized carbons (Fsp3) is 0.222. The van der Waals surface area contributed by atoms with E-state index in [9.17, 15) is 9.59 Å². The van der Waals surface area contributed by atoms with E-state index in [1.54, 1.807) is 11.0 Å². The Labute approximate surface area is 143 Å². The molecular weight excluding hydrogens is 356 g/mol. The van der Waals surface area contributed by atoms with Gasteiger partial charge in [-0.05, 0) is 48.2 Å². The largest absolute Gasteiger partial charge is 0.330 e. The van der Waals surface area contributed by atoms with Crippen LogP contribution in [-0.4, -0.2) is 23.3 Å². The van der Waals surface area contributed by atoms with Gasteiger partial charge in [0.25, 0.3) is 0 Å². The Bertz CT molecular complexity index is 773. The van der Waals surface area contributed by atoms with Crippen molar-refractivity contribution in [2.24, 2.45) is 0 Å². The number of benzene rings is 2. The third-order valence-corrected chi connectivity index (χ3v) is 4.92. The van der Waals surface area contributed by atoms with Crippen molar-refractivity contribution in [1.29, 1.82) is 0 Å². The number of carbonyl (C=O) groups excluding carboxylic acids is 2. The second-order valence-corrected chi connectivity index (χ2v) is 6.52. The molecule has 5 heteroatoms. The maximum absolute atomic E-state index is 12.4. The van der Waals surface area contributed by atoms with Crippen LogP contribution in [0.1, 0.15) is 16.7 Å². The summed E-state index contributed by atoms with van der Waals surface area (Å²) in [6.07, 6.45) is 0.784. The average molecular weight is 373 g/mol. The Balaban J connectivity index is 1.68. The first-order valence-electron chi connectivity index (χ1n) is 7.48. The van der Waals surface area contributed by atoms with E-state index in [-0.39, 0.29) is 0 Å². The van der Waals surface area contributed by atoms with Crippen LogP contribution >= 0.6 is 15.9 Å². The minimum Gasteiger partial charge on any atom is -0.330 e. The Morgan fingerprint density at radius 2 is 1.87 bits per heavy atom. The highest BCUT2D eigenvalue weighted by Gasteiger charge is 2.25. The number of halogens is 1. The first-order valence-corrected chi connectivity index (χ1v) is 8.27. The van der Waals surface area contributed by atoms with Crippen LogP contribution in [0.2, 0.25) is 0 Å². The zero-order valence-corrected chi connectivity index (χ0v) is 14.4. The summed E-state index contributed by atoms with van der Waals surface area (Å²) in [5, 5.41) is 2.68. The SMILES string of the molecule is Cc1cc(NC(=O)C(=O)N2CCc3ccccc3C2)ccc1Br. The Kier molecular flexibility index (Phi) is 4.48.